The minimum absolute atomic E-state index is 0. The van der Waals surface area contributed by atoms with Gasteiger partial charge in [-0.25, -0.2) is 4.79 Å². The topological polar surface area (TPSA) is 85.1 Å². The Hall–Kier alpha value is -3.62. The van der Waals surface area contributed by atoms with Gasteiger partial charge in [0.2, 0.25) is 0 Å². The Labute approximate surface area is 197 Å². The van der Waals surface area contributed by atoms with Crippen molar-refractivity contribution in [2.24, 2.45) is 0 Å². The number of benzene rings is 3. The van der Waals surface area contributed by atoms with Crippen LogP contribution in [0.5, 0.6) is 17.2 Å². The quantitative estimate of drug-likeness (QED) is 0.367. The lowest BCUT2D eigenvalue weighted by Gasteiger charge is -2.34. The molecule has 0 saturated carbocycles. The number of nitro groups is 1. The number of hydrogen-bond donors (Lipinski definition) is 0. The maximum absolute atomic E-state index is 12.4. The van der Waals surface area contributed by atoms with Crippen molar-refractivity contribution >= 4 is 24.2 Å². The van der Waals surface area contributed by atoms with E-state index in [4.69, 9.17) is 9.47 Å². The zero-order valence-corrected chi connectivity index (χ0v) is 18.6. The number of amides is 1. The van der Waals surface area contributed by atoms with Crippen LogP contribution in [-0.4, -0.2) is 47.0 Å². The van der Waals surface area contributed by atoms with Crippen molar-refractivity contribution in [2.45, 2.75) is 6.54 Å². The predicted molar refractivity (Wildman–Crippen MR) is 126 cm³/mol. The number of carbonyl (C=O) groups excluding carboxylic acids is 1. The first-order valence-corrected chi connectivity index (χ1v) is 10.3. The van der Waals surface area contributed by atoms with Gasteiger partial charge in [-0.3, -0.25) is 15.0 Å². The third-order valence-corrected chi connectivity index (χ3v) is 5.17. The molecule has 0 aliphatic carbocycles. The minimum atomic E-state index is -0.492. The molecular weight excluding hydrogens is 446 g/mol. The van der Waals surface area contributed by atoms with Crippen molar-refractivity contribution in [3.63, 3.8) is 0 Å². The van der Waals surface area contributed by atoms with Gasteiger partial charge in [0, 0.05) is 44.9 Å². The monoisotopic (exact) mass is 469 g/mol. The summed E-state index contributed by atoms with van der Waals surface area (Å²) in [4.78, 5) is 26.6. The fourth-order valence-corrected chi connectivity index (χ4v) is 3.48. The van der Waals surface area contributed by atoms with Gasteiger partial charge in [-0.1, -0.05) is 30.3 Å². The van der Waals surface area contributed by atoms with Gasteiger partial charge in [0.15, 0.2) is 0 Å². The second-order valence-corrected chi connectivity index (χ2v) is 7.44. The Bertz CT molecular complexity index is 1070. The van der Waals surface area contributed by atoms with E-state index in [-0.39, 0.29) is 18.1 Å². The van der Waals surface area contributed by atoms with E-state index in [1.807, 2.05) is 48.5 Å². The molecule has 4 rings (SSSR count). The molecule has 1 aliphatic heterocycles. The van der Waals surface area contributed by atoms with Gasteiger partial charge in [-0.2, -0.15) is 0 Å². The molecule has 0 unspecified atom stereocenters. The van der Waals surface area contributed by atoms with Crippen molar-refractivity contribution in [3.05, 3.63) is 94.5 Å². The van der Waals surface area contributed by atoms with Crippen LogP contribution in [-0.2, 0) is 6.54 Å². The van der Waals surface area contributed by atoms with Gasteiger partial charge in [-0.05, 0) is 42.0 Å². The van der Waals surface area contributed by atoms with E-state index in [9.17, 15) is 14.9 Å². The highest BCUT2D eigenvalue weighted by atomic mass is 35.5. The average molecular weight is 470 g/mol. The molecule has 3 aromatic rings. The third kappa shape index (κ3) is 6.68. The number of halogens is 1. The highest BCUT2D eigenvalue weighted by Gasteiger charge is 2.23. The molecule has 1 aliphatic rings. The van der Waals surface area contributed by atoms with Crippen LogP contribution < -0.4 is 9.47 Å². The van der Waals surface area contributed by atoms with E-state index in [0.717, 1.165) is 36.7 Å². The molecule has 1 saturated heterocycles. The molecule has 1 fully saturated rings. The molecule has 0 spiro atoms. The molecule has 8 nitrogen and oxygen atoms in total. The summed E-state index contributed by atoms with van der Waals surface area (Å²) in [7, 11) is 0. The number of carbonyl (C=O) groups is 1. The molecule has 33 heavy (non-hydrogen) atoms. The van der Waals surface area contributed by atoms with Crippen molar-refractivity contribution < 1.29 is 19.2 Å². The summed E-state index contributed by atoms with van der Waals surface area (Å²) in [6.07, 6.45) is -0.447. The Balaban J connectivity index is 0.00000306. The van der Waals surface area contributed by atoms with Crippen LogP contribution in [0.2, 0.25) is 0 Å². The zero-order chi connectivity index (χ0) is 22.3. The molecular formula is C24H24ClN3O5. The molecule has 0 atom stereocenters. The number of para-hydroxylation sites is 1. The van der Waals surface area contributed by atoms with Gasteiger partial charge in [0.05, 0.1) is 4.92 Å². The standard InChI is InChI=1S/C24H23N3O5.ClH/c28-24(32-22-11-9-20(10-12-22)27(29)30)26-15-13-25(14-16-26)18-19-5-4-8-23(17-19)31-21-6-2-1-3-7-21;/h1-12,17H,13-16,18H2;1H. The van der Waals surface area contributed by atoms with Crippen LogP contribution in [0.15, 0.2) is 78.9 Å². The van der Waals surface area contributed by atoms with Crippen LogP contribution in [0, 0.1) is 10.1 Å². The first-order valence-electron chi connectivity index (χ1n) is 10.3. The number of hydrogen-bond acceptors (Lipinski definition) is 6. The summed E-state index contributed by atoms with van der Waals surface area (Å²) in [5.74, 6) is 1.88. The molecule has 0 bridgehead atoms. The van der Waals surface area contributed by atoms with Gasteiger partial charge in [-0.15, -0.1) is 12.4 Å². The normalized spacial score (nSPS) is 13.6. The second-order valence-electron chi connectivity index (χ2n) is 7.44. The van der Waals surface area contributed by atoms with Gasteiger partial charge in [0.1, 0.15) is 17.2 Å². The van der Waals surface area contributed by atoms with E-state index in [2.05, 4.69) is 11.0 Å². The predicted octanol–water partition coefficient (Wildman–Crippen LogP) is 5.13. The first-order chi connectivity index (χ1) is 15.6. The second kappa shape index (κ2) is 11.3. The Morgan fingerprint density at radius 2 is 1.52 bits per heavy atom. The van der Waals surface area contributed by atoms with E-state index in [1.54, 1.807) is 4.90 Å². The molecule has 1 heterocycles. The Morgan fingerprint density at radius 3 is 2.18 bits per heavy atom. The van der Waals surface area contributed by atoms with Crippen molar-refractivity contribution in [2.75, 3.05) is 26.2 Å². The maximum atomic E-state index is 12.4. The summed E-state index contributed by atoms with van der Waals surface area (Å²) < 4.78 is 11.3. The number of non-ortho nitro benzene ring substituents is 1. The number of piperazine rings is 1. The Kier molecular flexibility index (Phi) is 8.23. The molecule has 9 heteroatoms. The molecule has 0 radical (unpaired) electrons. The van der Waals surface area contributed by atoms with Crippen molar-refractivity contribution in [3.8, 4) is 17.2 Å². The summed E-state index contributed by atoms with van der Waals surface area (Å²) >= 11 is 0. The number of nitrogens with zero attached hydrogens (tertiary/aromatic N) is 3. The first kappa shape index (κ1) is 24.0. The average Bonchev–Trinajstić information content (AvgIpc) is 2.81. The van der Waals surface area contributed by atoms with Crippen LogP contribution >= 0.6 is 12.4 Å². The lowest BCUT2D eigenvalue weighted by atomic mass is 10.2. The molecule has 0 N–H and O–H groups in total. The molecule has 3 aromatic carbocycles. The SMILES string of the molecule is Cl.O=C(Oc1ccc([N+](=O)[O-])cc1)N1CCN(Cc2cccc(Oc3ccccc3)c2)CC1. The fraction of sp³-hybridized carbons (Fsp3) is 0.208. The lowest BCUT2D eigenvalue weighted by Crippen LogP contribution is -2.49. The van der Waals surface area contributed by atoms with E-state index < -0.39 is 11.0 Å². The summed E-state index contributed by atoms with van der Waals surface area (Å²) in [5.41, 5.74) is 1.09. The van der Waals surface area contributed by atoms with Crippen LogP contribution in [0.4, 0.5) is 10.5 Å². The van der Waals surface area contributed by atoms with Crippen molar-refractivity contribution in [1.29, 1.82) is 0 Å². The van der Waals surface area contributed by atoms with Crippen molar-refractivity contribution in [1.82, 2.24) is 9.80 Å². The van der Waals surface area contributed by atoms with Gasteiger partial charge < -0.3 is 14.4 Å². The zero-order valence-electron chi connectivity index (χ0n) is 17.8. The highest BCUT2D eigenvalue weighted by Crippen LogP contribution is 2.23. The number of rotatable bonds is 6. The summed E-state index contributed by atoms with van der Waals surface area (Å²) in [6, 6.07) is 23.1. The van der Waals surface area contributed by atoms with E-state index in [0.29, 0.717) is 18.8 Å². The summed E-state index contributed by atoms with van der Waals surface area (Å²) in [6.45, 7) is 3.30. The maximum Gasteiger partial charge on any atom is 0.415 e. The molecule has 172 valence electrons. The lowest BCUT2D eigenvalue weighted by molar-refractivity contribution is -0.384. The largest absolute Gasteiger partial charge is 0.457 e. The van der Waals surface area contributed by atoms with E-state index >= 15 is 0 Å². The third-order valence-electron chi connectivity index (χ3n) is 5.17. The van der Waals surface area contributed by atoms with Gasteiger partial charge >= 0.3 is 6.09 Å². The molecule has 1 amide bonds. The number of nitro benzene ring substituents is 1. The van der Waals surface area contributed by atoms with Crippen LogP contribution in [0.1, 0.15) is 5.56 Å². The summed E-state index contributed by atoms with van der Waals surface area (Å²) in [5, 5.41) is 10.7. The fourth-order valence-electron chi connectivity index (χ4n) is 3.48. The minimum Gasteiger partial charge on any atom is -0.457 e. The smallest absolute Gasteiger partial charge is 0.415 e. The molecule has 0 aromatic heterocycles. The Morgan fingerprint density at radius 1 is 0.848 bits per heavy atom. The van der Waals surface area contributed by atoms with E-state index in [1.165, 1.54) is 24.3 Å². The van der Waals surface area contributed by atoms with Gasteiger partial charge in [0.25, 0.3) is 5.69 Å². The van der Waals surface area contributed by atoms with Crippen LogP contribution in [0.3, 0.4) is 0 Å². The van der Waals surface area contributed by atoms with Crippen LogP contribution in [0.25, 0.3) is 0 Å². The number of ether oxygens (including phenoxy) is 2. The highest BCUT2D eigenvalue weighted by molar-refractivity contribution is 5.85.